The Morgan fingerprint density at radius 2 is 2.06 bits per heavy atom. The lowest BCUT2D eigenvalue weighted by Crippen LogP contribution is -2.25. The van der Waals surface area contributed by atoms with E-state index in [1.165, 1.54) is 0 Å². The van der Waals surface area contributed by atoms with Crippen molar-refractivity contribution >= 4 is 11.6 Å². The van der Waals surface area contributed by atoms with Gasteiger partial charge >= 0.3 is 0 Å². The van der Waals surface area contributed by atoms with Crippen LogP contribution in [0, 0.1) is 6.92 Å². The zero-order chi connectivity index (χ0) is 23.2. The van der Waals surface area contributed by atoms with Gasteiger partial charge in [0.25, 0.3) is 5.91 Å². The number of pyridine rings is 1. The van der Waals surface area contributed by atoms with Crippen LogP contribution in [0.2, 0.25) is 0 Å². The van der Waals surface area contributed by atoms with Crippen LogP contribution in [0.5, 0.6) is 5.88 Å². The van der Waals surface area contributed by atoms with Crippen molar-refractivity contribution in [3.05, 3.63) is 53.0 Å². The van der Waals surface area contributed by atoms with Crippen molar-refractivity contribution in [2.24, 2.45) is 0 Å². The Balaban J connectivity index is 1.41. The van der Waals surface area contributed by atoms with E-state index in [9.17, 15) is 4.79 Å². The summed E-state index contributed by atoms with van der Waals surface area (Å²) in [6.07, 6.45) is 3.66. The Morgan fingerprint density at radius 1 is 1.24 bits per heavy atom. The molecule has 4 aromatic heterocycles. The van der Waals surface area contributed by atoms with E-state index < -0.39 is 0 Å². The Morgan fingerprint density at radius 3 is 2.70 bits per heavy atom. The third kappa shape index (κ3) is 4.41. The van der Waals surface area contributed by atoms with Gasteiger partial charge in [0, 0.05) is 23.9 Å². The lowest BCUT2D eigenvalue weighted by atomic mass is 9.88. The van der Waals surface area contributed by atoms with Crippen molar-refractivity contribution < 1.29 is 14.1 Å². The Labute approximate surface area is 190 Å². The first kappa shape index (κ1) is 21.0. The molecular weight excluding hydrogens is 422 g/mol. The summed E-state index contributed by atoms with van der Waals surface area (Å²) in [7, 11) is 0. The van der Waals surface area contributed by atoms with E-state index in [-0.39, 0.29) is 17.9 Å². The molecule has 4 heterocycles. The number of amides is 1. The minimum absolute atomic E-state index is 0.0946. The van der Waals surface area contributed by atoms with Crippen LogP contribution in [0.15, 0.2) is 35.0 Å². The summed E-state index contributed by atoms with van der Waals surface area (Å²) in [6, 6.07) is 7.56. The van der Waals surface area contributed by atoms with Crippen molar-refractivity contribution in [3.8, 4) is 17.4 Å². The molecule has 10 nitrogen and oxygen atoms in total. The van der Waals surface area contributed by atoms with E-state index in [0.29, 0.717) is 46.1 Å². The molecule has 5 rings (SSSR count). The van der Waals surface area contributed by atoms with Crippen LogP contribution in [-0.2, 0) is 12.0 Å². The molecule has 1 aliphatic rings. The van der Waals surface area contributed by atoms with Crippen molar-refractivity contribution in [3.63, 3.8) is 0 Å². The largest absolute Gasteiger partial charge is 0.470 e. The summed E-state index contributed by atoms with van der Waals surface area (Å²) in [5.74, 6) is 1.50. The van der Waals surface area contributed by atoms with E-state index in [1.807, 2.05) is 13.0 Å². The fourth-order valence-electron chi connectivity index (χ4n) is 3.37. The van der Waals surface area contributed by atoms with Gasteiger partial charge in [-0.05, 0) is 43.4 Å². The zero-order valence-corrected chi connectivity index (χ0v) is 19.0. The molecule has 0 saturated heterocycles. The smallest absolute Gasteiger partial charge is 0.253 e. The number of fused-ring (bicyclic) bond motifs is 1. The molecule has 1 N–H and O–H groups in total. The molecule has 0 radical (unpaired) electrons. The van der Waals surface area contributed by atoms with E-state index in [0.717, 1.165) is 18.4 Å². The highest BCUT2D eigenvalue weighted by atomic mass is 16.5. The lowest BCUT2D eigenvalue weighted by molar-refractivity contribution is 0.0950. The highest BCUT2D eigenvalue weighted by Gasteiger charge is 2.25. The highest BCUT2D eigenvalue weighted by molar-refractivity contribution is 5.94. The normalized spacial score (nSPS) is 13.9. The number of rotatable bonds is 6. The number of nitrogens with zero attached hydrogens (tertiary/aromatic N) is 6. The summed E-state index contributed by atoms with van der Waals surface area (Å²) < 4.78 is 12.9. The average Bonchev–Trinajstić information content (AvgIpc) is 3.33. The molecule has 0 unspecified atom stereocenters. The third-order valence-electron chi connectivity index (χ3n) is 5.38. The van der Waals surface area contributed by atoms with E-state index >= 15 is 0 Å². The molecular formula is C23H25N7O3. The summed E-state index contributed by atoms with van der Waals surface area (Å²) in [5, 5.41) is 20.2. The molecule has 1 fully saturated rings. The Kier molecular flexibility index (Phi) is 5.07. The van der Waals surface area contributed by atoms with Gasteiger partial charge in [-0.15, -0.1) is 15.3 Å². The molecule has 0 aromatic carbocycles. The highest BCUT2D eigenvalue weighted by Crippen LogP contribution is 2.32. The van der Waals surface area contributed by atoms with Crippen LogP contribution in [0.25, 0.3) is 17.2 Å². The Hall–Kier alpha value is -3.82. The summed E-state index contributed by atoms with van der Waals surface area (Å²) >= 11 is 0. The van der Waals surface area contributed by atoms with Crippen molar-refractivity contribution in [1.29, 1.82) is 0 Å². The van der Waals surface area contributed by atoms with Crippen LogP contribution >= 0.6 is 0 Å². The monoisotopic (exact) mass is 447 g/mol. The second-order valence-corrected chi connectivity index (χ2v) is 9.30. The van der Waals surface area contributed by atoms with Gasteiger partial charge in [-0.3, -0.25) is 9.78 Å². The van der Waals surface area contributed by atoms with Crippen molar-refractivity contribution in [2.45, 2.75) is 58.6 Å². The predicted molar refractivity (Wildman–Crippen MR) is 119 cm³/mol. The number of hydrogen-bond donors (Lipinski definition) is 1. The van der Waals surface area contributed by atoms with E-state index in [4.69, 9.17) is 9.26 Å². The number of aromatic nitrogens is 6. The minimum atomic E-state index is -0.237. The maximum absolute atomic E-state index is 12.2. The lowest BCUT2D eigenvalue weighted by Gasteiger charge is -2.21. The van der Waals surface area contributed by atoms with Gasteiger partial charge in [-0.2, -0.15) is 4.52 Å². The zero-order valence-electron chi connectivity index (χ0n) is 19.0. The molecule has 0 bridgehead atoms. The maximum Gasteiger partial charge on any atom is 0.253 e. The number of hydrogen-bond acceptors (Lipinski definition) is 8. The second kappa shape index (κ2) is 7.95. The standard InChI is InChI=1S/C23H25N7O3/c1-13-9-18(29-33-13)20-27-26-19-10-17(23(2,3)4)22(28-30(19)20)32-12-16-6-5-14(11-24-16)21(31)25-15-7-8-15/h5-6,9-11,15H,7-8,12H2,1-4H3,(H,25,31). The summed E-state index contributed by atoms with van der Waals surface area (Å²) in [5.41, 5.74) is 3.02. The molecule has 1 saturated carbocycles. The molecule has 33 heavy (non-hydrogen) atoms. The molecule has 1 aliphatic carbocycles. The molecule has 1 amide bonds. The number of carbonyl (C=O) groups is 1. The number of ether oxygens (including phenoxy) is 1. The van der Waals surface area contributed by atoms with Gasteiger partial charge in [0.15, 0.2) is 11.3 Å². The van der Waals surface area contributed by atoms with E-state index in [1.54, 1.807) is 28.9 Å². The second-order valence-electron chi connectivity index (χ2n) is 9.30. The molecule has 170 valence electrons. The van der Waals surface area contributed by atoms with Gasteiger partial charge in [-0.1, -0.05) is 25.9 Å². The summed E-state index contributed by atoms with van der Waals surface area (Å²) in [6.45, 7) is 8.26. The molecule has 4 aromatic rings. The molecule has 0 aliphatic heterocycles. The summed E-state index contributed by atoms with van der Waals surface area (Å²) in [4.78, 5) is 16.6. The third-order valence-corrected chi connectivity index (χ3v) is 5.38. The predicted octanol–water partition coefficient (Wildman–Crippen LogP) is 3.25. The van der Waals surface area contributed by atoms with Gasteiger partial charge < -0.3 is 14.6 Å². The van der Waals surface area contributed by atoms with Crippen LogP contribution in [-0.4, -0.2) is 41.9 Å². The fourth-order valence-corrected chi connectivity index (χ4v) is 3.37. The van der Waals surface area contributed by atoms with Crippen LogP contribution < -0.4 is 10.1 Å². The molecule has 0 spiro atoms. The van der Waals surface area contributed by atoms with Gasteiger partial charge in [0.05, 0.1) is 11.3 Å². The van der Waals surface area contributed by atoms with Gasteiger partial charge in [0.2, 0.25) is 11.7 Å². The van der Waals surface area contributed by atoms with Crippen molar-refractivity contribution in [1.82, 2.24) is 35.3 Å². The maximum atomic E-state index is 12.2. The molecule has 10 heteroatoms. The number of nitrogens with one attached hydrogen (secondary N) is 1. The molecule has 0 atom stereocenters. The first-order valence-electron chi connectivity index (χ1n) is 10.9. The Bertz CT molecular complexity index is 1310. The quantitative estimate of drug-likeness (QED) is 0.478. The number of carbonyl (C=O) groups excluding carboxylic acids is 1. The SMILES string of the molecule is Cc1cc(-c2nnc3cc(C(C)(C)C)c(OCc4ccc(C(=O)NC5CC5)cn4)nn23)no1. The van der Waals surface area contributed by atoms with Gasteiger partial charge in [0.1, 0.15) is 12.4 Å². The first-order chi connectivity index (χ1) is 15.8. The average molecular weight is 447 g/mol. The fraction of sp³-hybridized carbons (Fsp3) is 0.391. The van der Waals surface area contributed by atoms with Crippen LogP contribution in [0.4, 0.5) is 0 Å². The van der Waals surface area contributed by atoms with Crippen LogP contribution in [0.3, 0.4) is 0 Å². The van der Waals surface area contributed by atoms with Crippen LogP contribution in [0.1, 0.15) is 61.0 Å². The topological polar surface area (TPSA) is 120 Å². The van der Waals surface area contributed by atoms with Gasteiger partial charge in [-0.25, -0.2) is 0 Å². The number of aryl methyl sites for hydroxylation is 1. The minimum Gasteiger partial charge on any atom is -0.470 e. The van der Waals surface area contributed by atoms with E-state index in [2.05, 4.69) is 51.5 Å². The first-order valence-corrected chi connectivity index (χ1v) is 10.9. The van der Waals surface area contributed by atoms with Crippen molar-refractivity contribution in [2.75, 3.05) is 0 Å².